The average molecular weight is 100 g/mol. The van der Waals surface area contributed by atoms with Crippen LogP contribution in [0, 0.1) is 0 Å². The maximum Gasteiger partial charge on any atom is 0.0548 e. The van der Waals surface area contributed by atoms with Crippen LogP contribution in [0.25, 0.3) is 0 Å². The van der Waals surface area contributed by atoms with E-state index in [2.05, 4.69) is 12.2 Å². The predicted molar refractivity (Wildman–Crippen MR) is 29.8 cm³/mol. The van der Waals surface area contributed by atoms with Gasteiger partial charge in [0, 0.05) is 6.04 Å². The highest BCUT2D eigenvalue weighted by molar-refractivity contribution is 4.75. The molecule has 0 bridgehead atoms. The Morgan fingerprint density at radius 2 is 2.29 bits per heavy atom. The molecule has 7 heavy (non-hydrogen) atoms. The largest absolute Gasteiger partial charge is 0.316 e. The van der Waals surface area contributed by atoms with Crippen molar-refractivity contribution in [2.24, 2.45) is 5.73 Å². The van der Waals surface area contributed by atoms with Gasteiger partial charge in [-0.3, -0.25) is 5.32 Å². The molecule has 1 fully saturated rings. The lowest BCUT2D eigenvalue weighted by Crippen LogP contribution is -2.34. The van der Waals surface area contributed by atoms with Crippen LogP contribution in [0.1, 0.15) is 19.8 Å². The molecule has 3 N–H and O–H groups in total. The topological polar surface area (TPSA) is 38.0 Å². The first-order valence-corrected chi connectivity index (χ1v) is 2.80. The zero-order chi connectivity index (χ0) is 5.28. The van der Waals surface area contributed by atoms with Gasteiger partial charge in [0.15, 0.2) is 0 Å². The van der Waals surface area contributed by atoms with Gasteiger partial charge in [0.2, 0.25) is 0 Å². The lowest BCUT2D eigenvalue weighted by Gasteiger charge is -2.02. The lowest BCUT2D eigenvalue weighted by atomic mass is 10.2. The van der Waals surface area contributed by atoms with Crippen molar-refractivity contribution in [1.29, 1.82) is 0 Å². The van der Waals surface area contributed by atoms with Crippen LogP contribution < -0.4 is 11.1 Å². The molecule has 0 aromatic carbocycles. The minimum absolute atomic E-state index is 0.273. The molecule has 2 heteroatoms. The minimum Gasteiger partial charge on any atom is -0.316 e. The van der Waals surface area contributed by atoms with Gasteiger partial charge < -0.3 is 5.73 Å². The highest BCUT2D eigenvalue weighted by Crippen LogP contribution is 2.06. The first-order valence-electron chi connectivity index (χ1n) is 2.80. The molecule has 2 nitrogen and oxygen atoms in total. The van der Waals surface area contributed by atoms with Gasteiger partial charge >= 0.3 is 0 Å². The summed E-state index contributed by atoms with van der Waals surface area (Å²) in [5, 5.41) is 3.19. The van der Waals surface area contributed by atoms with E-state index in [1.165, 1.54) is 6.42 Å². The molecule has 0 spiro atoms. The van der Waals surface area contributed by atoms with E-state index in [-0.39, 0.29) is 6.17 Å². The van der Waals surface area contributed by atoms with Crippen molar-refractivity contribution in [3.63, 3.8) is 0 Å². The molecule has 0 radical (unpaired) electrons. The van der Waals surface area contributed by atoms with Crippen LogP contribution in [-0.2, 0) is 0 Å². The molecule has 42 valence electrons. The third kappa shape index (κ3) is 1.14. The van der Waals surface area contributed by atoms with Gasteiger partial charge in [-0.1, -0.05) is 0 Å². The normalized spacial score (nSPS) is 42.0. The summed E-state index contributed by atoms with van der Waals surface area (Å²) in [6, 6.07) is 0.648. The summed E-state index contributed by atoms with van der Waals surface area (Å²) in [6.07, 6.45) is 2.65. The second-order valence-corrected chi connectivity index (χ2v) is 2.25. The van der Waals surface area contributed by atoms with Gasteiger partial charge in [-0.05, 0) is 19.8 Å². The molecular formula is C5H12N2. The van der Waals surface area contributed by atoms with E-state index in [1.54, 1.807) is 0 Å². The third-order valence-electron chi connectivity index (χ3n) is 1.41. The maximum absolute atomic E-state index is 5.51. The molecule has 1 rings (SSSR count). The zero-order valence-electron chi connectivity index (χ0n) is 4.65. The Hall–Kier alpha value is -0.0800. The first kappa shape index (κ1) is 5.06. The summed E-state index contributed by atoms with van der Waals surface area (Å²) in [5.74, 6) is 0. The van der Waals surface area contributed by atoms with E-state index in [1.807, 2.05) is 0 Å². The van der Waals surface area contributed by atoms with E-state index >= 15 is 0 Å². The summed E-state index contributed by atoms with van der Waals surface area (Å²) >= 11 is 0. The van der Waals surface area contributed by atoms with Crippen molar-refractivity contribution in [3.8, 4) is 0 Å². The van der Waals surface area contributed by atoms with Crippen LogP contribution >= 0.6 is 0 Å². The highest BCUT2D eigenvalue weighted by atomic mass is 15.1. The molecule has 0 saturated carbocycles. The Morgan fingerprint density at radius 1 is 1.57 bits per heavy atom. The van der Waals surface area contributed by atoms with Crippen LogP contribution in [0.3, 0.4) is 0 Å². The molecule has 1 unspecified atom stereocenters. The second kappa shape index (κ2) is 1.80. The molecule has 1 saturated heterocycles. The summed E-state index contributed by atoms with van der Waals surface area (Å²) in [7, 11) is 0. The second-order valence-electron chi connectivity index (χ2n) is 2.25. The number of nitrogens with one attached hydrogen (secondary N) is 1. The van der Waals surface area contributed by atoms with Crippen molar-refractivity contribution in [3.05, 3.63) is 0 Å². The summed E-state index contributed by atoms with van der Waals surface area (Å²) in [5.41, 5.74) is 5.51. The van der Waals surface area contributed by atoms with E-state index in [4.69, 9.17) is 5.73 Å². The fraction of sp³-hybridized carbons (Fsp3) is 1.00. The fourth-order valence-corrected chi connectivity index (χ4v) is 0.962. The van der Waals surface area contributed by atoms with Crippen molar-refractivity contribution in [1.82, 2.24) is 5.32 Å². The van der Waals surface area contributed by atoms with Crippen molar-refractivity contribution < 1.29 is 0 Å². The van der Waals surface area contributed by atoms with Gasteiger partial charge in [0.25, 0.3) is 0 Å². The Balaban J connectivity index is 2.26. The van der Waals surface area contributed by atoms with Gasteiger partial charge in [-0.15, -0.1) is 0 Å². The van der Waals surface area contributed by atoms with E-state index < -0.39 is 0 Å². The van der Waals surface area contributed by atoms with Gasteiger partial charge in [-0.25, -0.2) is 0 Å². The van der Waals surface area contributed by atoms with Crippen LogP contribution in [-0.4, -0.2) is 12.2 Å². The number of nitrogens with two attached hydrogens (primary N) is 1. The molecule has 1 aliphatic rings. The molecule has 0 aliphatic carbocycles. The monoisotopic (exact) mass is 100 g/mol. The quantitative estimate of drug-likeness (QED) is 0.451. The SMILES string of the molecule is CC1CC[C@@H](N)N1. The van der Waals surface area contributed by atoms with Crippen LogP contribution in [0.2, 0.25) is 0 Å². The highest BCUT2D eigenvalue weighted by Gasteiger charge is 2.14. The van der Waals surface area contributed by atoms with Crippen molar-refractivity contribution >= 4 is 0 Å². The van der Waals surface area contributed by atoms with Crippen molar-refractivity contribution in [2.75, 3.05) is 0 Å². The van der Waals surface area contributed by atoms with Crippen molar-refractivity contribution in [2.45, 2.75) is 32.0 Å². The summed E-state index contributed by atoms with van der Waals surface area (Å²) < 4.78 is 0. The predicted octanol–water partition coefficient (Wildman–Crippen LogP) is 0.0431. The Morgan fingerprint density at radius 3 is 2.43 bits per heavy atom. The molecular weight excluding hydrogens is 88.1 g/mol. The van der Waals surface area contributed by atoms with Crippen LogP contribution in [0.5, 0.6) is 0 Å². The maximum atomic E-state index is 5.51. The molecule has 1 heterocycles. The fourth-order valence-electron chi connectivity index (χ4n) is 0.962. The summed E-state index contributed by atoms with van der Waals surface area (Å²) in [6.45, 7) is 2.16. The smallest absolute Gasteiger partial charge is 0.0548 e. The molecule has 2 atom stereocenters. The first-order chi connectivity index (χ1) is 3.29. The van der Waals surface area contributed by atoms with Crippen LogP contribution in [0.4, 0.5) is 0 Å². The van der Waals surface area contributed by atoms with Gasteiger partial charge in [0.05, 0.1) is 6.17 Å². The molecule has 0 amide bonds. The minimum atomic E-state index is 0.273. The molecule has 0 aromatic rings. The Kier molecular flexibility index (Phi) is 1.30. The standard InChI is InChI=1S/C5H12N2/c1-4-2-3-5(6)7-4/h4-5,7H,2-3,6H2,1H3/t4?,5-/m0/s1. The Bertz CT molecular complexity index is 55.1. The Labute approximate surface area is 44.1 Å². The number of hydrogen-bond acceptors (Lipinski definition) is 2. The molecule has 0 aromatic heterocycles. The number of rotatable bonds is 0. The third-order valence-corrected chi connectivity index (χ3v) is 1.41. The average Bonchev–Trinajstić information content (AvgIpc) is 1.87. The van der Waals surface area contributed by atoms with E-state index in [0.717, 1.165) is 6.42 Å². The van der Waals surface area contributed by atoms with E-state index in [9.17, 15) is 0 Å². The summed E-state index contributed by atoms with van der Waals surface area (Å²) in [4.78, 5) is 0. The number of hydrogen-bond donors (Lipinski definition) is 2. The van der Waals surface area contributed by atoms with Crippen LogP contribution in [0.15, 0.2) is 0 Å². The molecule has 1 aliphatic heterocycles. The lowest BCUT2D eigenvalue weighted by molar-refractivity contribution is 0.578. The van der Waals surface area contributed by atoms with Gasteiger partial charge in [0.1, 0.15) is 0 Å². The van der Waals surface area contributed by atoms with E-state index in [0.29, 0.717) is 6.04 Å². The zero-order valence-corrected chi connectivity index (χ0v) is 4.65. The van der Waals surface area contributed by atoms with Gasteiger partial charge in [-0.2, -0.15) is 0 Å².